The second-order valence-electron chi connectivity index (χ2n) is 14.0. The minimum atomic E-state index is -0.0618. The van der Waals surface area contributed by atoms with E-state index in [2.05, 4.69) is 185 Å². The van der Waals surface area contributed by atoms with Crippen molar-refractivity contribution in [2.75, 3.05) is 4.90 Å². The average molecular weight is 661 g/mol. The van der Waals surface area contributed by atoms with Crippen molar-refractivity contribution in [3.63, 3.8) is 0 Å². The second-order valence-corrected chi connectivity index (χ2v) is 14.0. The number of hydrogen-bond acceptors (Lipinski definition) is 2. The number of rotatable bonds is 3. The zero-order valence-electron chi connectivity index (χ0n) is 28.1. The van der Waals surface area contributed by atoms with E-state index in [1.807, 2.05) is 0 Å². The number of furan rings is 1. The van der Waals surface area contributed by atoms with Crippen molar-refractivity contribution >= 4 is 78.6 Å². The predicted octanol–water partition coefficient (Wildman–Crippen LogP) is 11.4. The Morgan fingerprint density at radius 3 is 1.96 bits per heavy atom. The van der Waals surface area contributed by atoms with E-state index in [-0.39, 0.29) is 6.85 Å². The van der Waals surface area contributed by atoms with Crippen LogP contribution in [0.5, 0.6) is 0 Å². The van der Waals surface area contributed by atoms with Gasteiger partial charge in [-0.2, -0.15) is 0 Å². The monoisotopic (exact) mass is 660 g/mol. The molecule has 0 aliphatic carbocycles. The van der Waals surface area contributed by atoms with Gasteiger partial charge in [-0.25, -0.2) is 0 Å². The van der Waals surface area contributed by atoms with Crippen LogP contribution in [-0.4, -0.2) is 11.3 Å². The summed E-state index contributed by atoms with van der Waals surface area (Å²) < 4.78 is 9.51. The minimum Gasteiger partial charge on any atom is -0.455 e. The highest BCUT2D eigenvalue weighted by molar-refractivity contribution is 6.90. The molecule has 0 saturated carbocycles. The number of anilines is 3. The first-order chi connectivity index (χ1) is 25.8. The zero-order chi connectivity index (χ0) is 33.9. The van der Waals surface area contributed by atoms with E-state index in [1.54, 1.807) is 0 Å². The van der Waals surface area contributed by atoms with Gasteiger partial charge in [0.25, 0.3) is 0 Å². The first-order valence-corrected chi connectivity index (χ1v) is 18.0. The molecule has 8 aromatic carbocycles. The Kier molecular flexibility index (Phi) is 5.58. The third kappa shape index (κ3) is 3.71. The van der Waals surface area contributed by atoms with Gasteiger partial charge in [-0.15, -0.1) is 0 Å². The Balaban J connectivity index is 1.26. The molecule has 0 radical (unpaired) electrons. The average Bonchev–Trinajstić information content (AvgIpc) is 3.76. The molecular weight excluding hydrogens is 631 g/mol. The van der Waals surface area contributed by atoms with Crippen molar-refractivity contribution in [2.45, 2.75) is 0 Å². The van der Waals surface area contributed by atoms with Gasteiger partial charge in [0.2, 0.25) is 0 Å². The van der Waals surface area contributed by atoms with Gasteiger partial charge in [-0.05, 0) is 69.6 Å². The Morgan fingerprint density at radius 2 is 1.13 bits per heavy atom. The number of nitrogens with zero attached hydrogens (tertiary/aromatic N) is 2. The summed E-state index contributed by atoms with van der Waals surface area (Å²) in [7, 11) is 0. The molecule has 4 heterocycles. The van der Waals surface area contributed by atoms with E-state index >= 15 is 0 Å². The Morgan fingerprint density at radius 1 is 0.462 bits per heavy atom. The molecule has 0 N–H and O–H groups in total. The van der Waals surface area contributed by atoms with Crippen LogP contribution in [0, 0.1) is 0 Å². The molecule has 0 spiro atoms. The molecule has 2 aliphatic rings. The number of aromatic nitrogens is 1. The number of hydrogen-bond donors (Lipinski definition) is 0. The number of fused-ring (bicyclic) bond motifs is 11. The van der Waals surface area contributed by atoms with Crippen LogP contribution in [0.4, 0.5) is 17.1 Å². The van der Waals surface area contributed by atoms with Gasteiger partial charge in [-0.3, -0.25) is 0 Å². The first kappa shape index (κ1) is 28.0. The third-order valence-corrected chi connectivity index (χ3v) is 11.3. The molecular formula is C48H29BN2O. The third-order valence-electron chi connectivity index (χ3n) is 11.3. The molecule has 2 aromatic heterocycles. The van der Waals surface area contributed by atoms with Gasteiger partial charge in [0.15, 0.2) is 0 Å². The van der Waals surface area contributed by atoms with Gasteiger partial charge >= 0.3 is 6.85 Å². The van der Waals surface area contributed by atoms with E-state index in [4.69, 9.17) is 4.42 Å². The van der Waals surface area contributed by atoms with Crippen LogP contribution >= 0.6 is 0 Å². The standard InChI is InChI=1S/C48H29BN2O/c1-3-13-30(14-4-1)32-17-11-18-34(27-32)50-42-28-33(31-15-5-2-6-16-31)25-26-40(42)49-46-43(50)29-39-36-20-8-10-24-44(36)52-48(39)45(46)38-22-12-21-37-35-19-7-9-23-41(35)51(49)47(37)38/h1-29H. The molecule has 10 aromatic rings. The van der Waals surface area contributed by atoms with E-state index < -0.39 is 0 Å². The van der Waals surface area contributed by atoms with Gasteiger partial charge in [0, 0.05) is 60.8 Å². The molecule has 52 heavy (non-hydrogen) atoms. The molecule has 240 valence electrons. The fourth-order valence-electron chi connectivity index (χ4n) is 9.18. The Hall–Kier alpha value is -6.78. The highest BCUT2D eigenvalue weighted by atomic mass is 16.3. The van der Waals surface area contributed by atoms with E-state index in [9.17, 15) is 0 Å². The summed E-state index contributed by atoms with van der Waals surface area (Å²) in [6.45, 7) is -0.0618. The molecule has 3 nitrogen and oxygen atoms in total. The molecule has 4 heteroatoms. The van der Waals surface area contributed by atoms with E-state index in [0.29, 0.717) is 0 Å². The minimum absolute atomic E-state index is 0.0618. The van der Waals surface area contributed by atoms with Crippen LogP contribution < -0.4 is 15.8 Å². The SMILES string of the molecule is c1ccc(-c2cccc(N3c4cc(-c5ccccc5)ccc4B4c5c3cc3c(oc6ccccc63)c5-c3cccc5c6ccccc6n4c35)c2)cc1. The van der Waals surface area contributed by atoms with Crippen molar-refractivity contribution in [1.82, 2.24) is 4.48 Å². The fraction of sp³-hybridized carbons (Fsp3) is 0. The molecule has 0 fully saturated rings. The quantitative estimate of drug-likeness (QED) is 0.176. The summed E-state index contributed by atoms with van der Waals surface area (Å²) in [6, 6.07) is 64.1. The second kappa shape index (κ2) is 10.4. The van der Waals surface area contributed by atoms with Gasteiger partial charge in [-0.1, -0.05) is 140 Å². The summed E-state index contributed by atoms with van der Waals surface area (Å²) >= 11 is 0. The summed E-state index contributed by atoms with van der Waals surface area (Å²) in [6.07, 6.45) is 0. The lowest BCUT2D eigenvalue weighted by Gasteiger charge is -2.40. The predicted molar refractivity (Wildman–Crippen MR) is 218 cm³/mol. The molecule has 2 aliphatic heterocycles. The lowest BCUT2D eigenvalue weighted by atomic mass is 9.45. The van der Waals surface area contributed by atoms with Crippen LogP contribution in [0.2, 0.25) is 0 Å². The smallest absolute Gasteiger partial charge is 0.333 e. The van der Waals surface area contributed by atoms with Crippen molar-refractivity contribution in [1.29, 1.82) is 0 Å². The first-order valence-electron chi connectivity index (χ1n) is 18.0. The lowest BCUT2D eigenvalue weighted by Crippen LogP contribution is -2.56. The van der Waals surface area contributed by atoms with Crippen LogP contribution in [0.3, 0.4) is 0 Å². The maximum absolute atomic E-state index is 6.90. The maximum Gasteiger partial charge on any atom is 0.333 e. The van der Waals surface area contributed by atoms with Crippen LogP contribution in [0.25, 0.3) is 77.1 Å². The summed E-state index contributed by atoms with van der Waals surface area (Å²) in [5.74, 6) is 0. The molecule has 0 bridgehead atoms. The Labute approximate surface area is 300 Å². The van der Waals surface area contributed by atoms with Crippen LogP contribution in [0.15, 0.2) is 180 Å². The van der Waals surface area contributed by atoms with E-state index in [0.717, 1.165) is 27.6 Å². The van der Waals surface area contributed by atoms with Crippen LogP contribution in [0.1, 0.15) is 0 Å². The van der Waals surface area contributed by atoms with Gasteiger partial charge < -0.3 is 13.8 Å². The normalized spacial score (nSPS) is 12.9. The maximum atomic E-state index is 6.90. The highest BCUT2D eigenvalue weighted by Gasteiger charge is 2.44. The largest absolute Gasteiger partial charge is 0.455 e. The van der Waals surface area contributed by atoms with Crippen molar-refractivity contribution in [3.05, 3.63) is 176 Å². The van der Waals surface area contributed by atoms with Crippen molar-refractivity contribution in [3.8, 4) is 33.4 Å². The molecule has 0 unspecified atom stereocenters. The summed E-state index contributed by atoms with van der Waals surface area (Å²) in [4.78, 5) is 2.52. The molecule has 12 rings (SSSR count). The summed E-state index contributed by atoms with van der Waals surface area (Å²) in [5.41, 5.74) is 17.6. The van der Waals surface area contributed by atoms with Crippen LogP contribution in [-0.2, 0) is 0 Å². The molecule has 0 atom stereocenters. The number of para-hydroxylation sites is 3. The topological polar surface area (TPSA) is 21.3 Å². The fourth-order valence-corrected chi connectivity index (χ4v) is 9.18. The lowest BCUT2D eigenvalue weighted by molar-refractivity contribution is 0.670. The molecule has 0 saturated heterocycles. The zero-order valence-corrected chi connectivity index (χ0v) is 28.1. The van der Waals surface area contributed by atoms with E-state index in [1.165, 1.54) is 77.5 Å². The van der Waals surface area contributed by atoms with Gasteiger partial charge in [0.1, 0.15) is 11.2 Å². The highest BCUT2D eigenvalue weighted by Crippen LogP contribution is 2.49. The number of benzene rings is 8. The van der Waals surface area contributed by atoms with Crippen molar-refractivity contribution in [2.24, 2.45) is 0 Å². The van der Waals surface area contributed by atoms with Crippen molar-refractivity contribution < 1.29 is 4.42 Å². The van der Waals surface area contributed by atoms with Gasteiger partial charge in [0.05, 0.1) is 0 Å². The Bertz CT molecular complexity index is 3090. The summed E-state index contributed by atoms with van der Waals surface area (Å²) in [5, 5.41) is 4.81. The molecule has 0 amide bonds.